The first-order chi connectivity index (χ1) is 9.10. The maximum absolute atomic E-state index is 6.13. The van der Waals surface area contributed by atoms with Crippen molar-refractivity contribution in [3.8, 4) is 0 Å². The zero-order valence-electron chi connectivity index (χ0n) is 10.5. The summed E-state index contributed by atoms with van der Waals surface area (Å²) in [5, 5.41) is 5.27. The molecule has 19 heavy (non-hydrogen) atoms. The lowest BCUT2D eigenvalue weighted by Gasteiger charge is -2.09. The summed E-state index contributed by atoms with van der Waals surface area (Å²) in [5.74, 6) is 0.624. The molecule has 102 valence electrons. The van der Waals surface area contributed by atoms with Crippen molar-refractivity contribution in [2.45, 2.75) is 30.5 Å². The molecule has 0 bridgehead atoms. The Morgan fingerprint density at radius 1 is 1.32 bits per heavy atom. The summed E-state index contributed by atoms with van der Waals surface area (Å²) < 4.78 is 5.27. The minimum Gasteiger partial charge on any atom is -0.439 e. The Morgan fingerprint density at radius 3 is 2.74 bits per heavy atom. The van der Waals surface area contributed by atoms with Crippen LogP contribution in [0.1, 0.15) is 19.0 Å². The molecule has 1 N–H and O–H groups in total. The summed E-state index contributed by atoms with van der Waals surface area (Å²) in [5.41, 5.74) is 0.817. The molecule has 2 rings (SSSR count). The Labute approximate surface area is 125 Å². The normalized spacial score (nSPS) is 10.7. The fraction of sp³-hybridized carbons (Fsp3) is 0.333. The molecule has 0 unspecified atom stereocenters. The van der Waals surface area contributed by atoms with Crippen molar-refractivity contribution in [3.05, 3.63) is 28.1 Å². The van der Waals surface area contributed by atoms with Gasteiger partial charge in [0, 0.05) is 6.54 Å². The van der Waals surface area contributed by atoms with E-state index in [9.17, 15) is 0 Å². The largest absolute Gasteiger partial charge is 0.439 e. The van der Waals surface area contributed by atoms with Gasteiger partial charge in [0.2, 0.25) is 0 Å². The number of nitrogens with zero attached hydrogens (tertiary/aromatic N) is 2. The number of aryl methyl sites for hydroxylation is 1. The van der Waals surface area contributed by atoms with Gasteiger partial charge in [-0.1, -0.05) is 30.1 Å². The van der Waals surface area contributed by atoms with E-state index in [4.69, 9.17) is 27.6 Å². The maximum atomic E-state index is 6.13. The van der Waals surface area contributed by atoms with Crippen molar-refractivity contribution in [3.63, 3.8) is 0 Å². The number of pyridine rings is 1. The summed E-state index contributed by atoms with van der Waals surface area (Å²) in [4.78, 5) is 8.61. The van der Waals surface area contributed by atoms with Crippen LogP contribution in [0.15, 0.2) is 27.0 Å². The third-order valence-corrected chi connectivity index (χ3v) is 3.78. The first kappa shape index (κ1) is 14.5. The second-order valence-corrected chi connectivity index (χ2v) is 5.64. The lowest BCUT2D eigenvalue weighted by Crippen LogP contribution is -2.03. The highest BCUT2D eigenvalue weighted by molar-refractivity contribution is 7.99. The van der Waals surface area contributed by atoms with Gasteiger partial charge in [-0.05, 0) is 31.2 Å². The van der Waals surface area contributed by atoms with Crippen molar-refractivity contribution < 1.29 is 4.42 Å². The summed E-state index contributed by atoms with van der Waals surface area (Å²) >= 11 is 13.5. The van der Waals surface area contributed by atoms with Crippen LogP contribution in [0.5, 0.6) is 0 Å². The fourth-order valence-corrected chi connectivity index (χ4v) is 2.64. The molecule has 0 saturated carbocycles. The van der Waals surface area contributed by atoms with E-state index in [1.165, 1.54) is 11.8 Å². The highest BCUT2D eigenvalue weighted by Crippen LogP contribution is 2.35. The molecule has 0 saturated heterocycles. The van der Waals surface area contributed by atoms with Gasteiger partial charge in [-0.25, -0.2) is 9.97 Å². The van der Waals surface area contributed by atoms with Gasteiger partial charge in [0.1, 0.15) is 17.1 Å². The zero-order chi connectivity index (χ0) is 13.8. The molecule has 0 spiro atoms. The lowest BCUT2D eigenvalue weighted by atomic mass is 10.4. The summed E-state index contributed by atoms with van der Waals surface area (Å²) in [6.45, 7) is 4.73. The molecule has 0 aliphatic carbocycles. The Morgan fingerprint density at radius 2 is 2.11 bits per heavy atom. The standard InChI is InChI=1S/C12H13Cl2N3OS/c1-3-4-15-10-8(13)5-9(14)11(17-10)19-12-16-7(2)6-18-12/h5-6H,3-4H2,1-2H3,(H,15,17). The Bertz CT molecular complexity index is 574. The van der Waals surface area contributed by atoms with Crippen LogP contribution in [0.3, 0.4) is 0 Å². The molecular weight excluding hydrogens is 305 g/mol. The molecule has 7 heteroatoms. The summed E-state index contributed by atoms with van der Waals surface area (Å²) in [6.07, 6.45) is 2.57. The van der Waals surface area contributed by atoms with Gasteiger partial charge in [-0.15, -0.1) is 0 Å². The molecule has 2 aromatic heterocycles. The molecule has 0 aromatic carbocycles. The number of anilines is 1. The molecule has 0 fully saturated rings. The van der Waals surface area contributed by atoms with Crippen molar-refractivity contribution in [2.24, 2.45) is 0 Å². The van der Waals surface area contributed by atoms with Crippen LogP contribution in [0, 0.1) is 6.92 Å². The quantitative estimate of drug-likeness (QED) is 0.869. The number of nitrogens with one attached hydrogen (secondary N) is 1. The number of oxazole rings is 1. The van der Waals surface area contributed by atoms with Crippen LogP contribution in [-0.4, -0.2) is 16.5 Å². The molecule has 0 amide bonds. The van der Waals surface area contributed by atoms with Crippen LogP contribution in [-0.2, 0) is 0 Å². The highest BCUT2D eigenvalue weighted by atomic mass is 35.5. The molecule has 0 atom stereocenters. The van der Waals surface area contributed by atoms with E-state index in [1.54, 1.807) is 12.3 Å². The van der Waals surface area contributed by atoms with Crippen molar-refractivity contribution in [1.29, 1.82) is 0 Å². The van der Waals surface area contributed by atoms with E-state index in [0.29, 0.717) is 26.1 Å². The van der Waals surface area contributed by atoms with E-state index in [1.807, 2.05) is 6.92 Å². The minimum atomic E-state index is 0.480. The van der Waals surface area contributed by atoms with E-state index in [0.717, 1.165) is 18.7 Å². The third kappa shape index (κ3) is 3.78. The highest BCUT2D eigenvalue weighted by Gasteiger charge is 2.13. The number of aromatic nitrogens is 2. The monoisotopic (exact) mass is 317 g/mol. The number of hydrogen-bond acceptors (Lipinski definition) is 5. The number of hydrogen-bond donors (Lipinski definition) is 1. The van der Waals surface area contributed by atoms with E-state index in [-0.39, 0.29) is 0 Å². The van der Waals surface area contributed by atoms with Gasteiger partial charge in [0.15, 0.2) is 0 Å². The van der Waals surface area contributed by atoms with E-state index in [2.05, 4.69) is 22.2 Å². The molecule has 0 aliphatic heterocycles. The van der Waals surface area contributed by atoms with Gasteiger partial charge in [-0.3, -0.25) is 0 Å². The first-order valence-electron chi connectivity index (χ1n) is 5.80. The average Bonchev–Trinajstić information content (AvgIpc) is 2.77. The van der Waals surface area contributed by atoms with Crippen LogP contribution in [0.4, 0.5) is 5.82 Å². The zero-order valence-corrected chi connectivity index (χ0v) is 12.9. The molecule has 0 aliphatic rings. The molecular formula is C12H13Cl2N3OS. The van der Waals surface area contributed by atoms with E-state index >= 15 is 0 Å². The Balaban J connectivity index is 2.24. The van der Waals surface area contributed by atoms with Crippen LogP contribution in [0.2, 0.25) is 10.0 Å². The third-order valence-electron chi connectivity index (χ3n) is 2.22. The van der Waals surface area contributed by atoms with Gasteiger partial charge in [0.25, 0.3) is 5.22 Å². The van der Waals surface area contributed by atoms with Crippen molar-refractivity contribution >= 4 is 40.8 Å². The van der Waals surface area contributed by atoms with Crippen LogP contribution >= 0.6 is 35.0 Å². The maximum Gasteiger partial charge on any atom is 0.262 e. The second kappa shape index (κ2) is 6.50. The smallest absolute Gasteiger partial charge is 0.262 e. The van der Waals surface area contributed by atoms with Crippen LogP contribution in [0.25, 0.3) is 0 Å². The number of rotatable bonds is 5. The van der Waals surface area contributed by atoms with Crippen molar-refractivity contribution in [1.82, 2.24) is 9.97 Å². The molecule has 2 heterocycles. The van der Waals surface area contributed by atoms with E-state index < -0.39 is 0 Å². The Hall–Kier alpha value is -0.910. The fourth-order valence-electron chi connectivity index (χ4n) is 1.35. The molecule has 0 radical (unpaired) electrons. The van der Waals surface area contributed by atoms with Crippen molar-refractivity contribution in [2.75, 3.05) is 11.9 Å². The first-order valence-corrected chi connectivity index (χ1v) is 7.37. The molecule has 2 aromatic rings. The summed E-state index contributed by atoms with van der Waals surface area (Å²) in [7, 11) is 0. The second-order valence-electron chi connectivity index (χ2n) is 3.89. The van der Waals surface area contributed by atoms with Gasteiger partial charge >= 0.3 is 0 Å². The molecule has 4 nitrogen and oxygen atoms in total. The average molecular weight is 318 g/mol. The van der Waals surface area contributed by atoms with Gasteiger partial charge in [-0.2, -0.15) is 0 Å². The minimum absolute atomic E-state index is 0.480. The SMILES string of the molecule is CCCNc1nc(Sc2nc(C)co2)c(Cl)cc1Cl. The van der Waals surface area contributed by atoms with Gasteiger partial charge in [0.05, 0.1) is 15.7 Å². The van der Waals surface area contributed by atoms with Crippen LogP contribution < -0.4 is 5.32 Å². The predicted molar refractivity (Wildman–Crippen MR) is 78.4 cm³/mol. The predicted octanol–water partition coefficient (Wildman–Crippen LogP) is 4.66. The topological polar surface area (TPSA) is 51.0 Å². The Kier molecular flexibility index (Phi) is 4.96. The summed E-state index contributed by atoms with van der Waals surface area (Å²) in [6, 6.07) is 1.67. The lowest BCUT2D eigenvalue weighted by molar-refractivity contribution is 0.454. The number of halogens is 2. The van der Waals surface area contributed by atoms with Gasteiger partial charge < -0.3 is 9.73 Å².